The molecule has 0 aromatic heterocycles. The van der Waals surface area contributed by atoms with Crippen LogP contribution in [0.4, 0.5) is 4.79 Å². The Morgan fingerprint density at radius 3 is 2.64 bits per heavy atom. The van der Waals surface area contributed by atoms with Gasteiger partial charge >= 0.3 is 6.09 Å². The molecule has 0 N–H and O–H groups in total. The van der Waals surface area contributed by atoms with E-state index in [-0.39, 0.29) is 11.7 Å². The molecule has 80 valence electrons. The molecule has 0 unspecified atom stereocenters. The Morgan fingerprint density at radius 1 is 1.57 bits per heavy atom. The van der Waals surface area contributed by atoms with E-state index in [1.165, 1.54) is 0 Å². The highest BCUT2D eigenvalue weighted by Gasteiger charge is 2.25. The third-order valence-corrected chi connectivity index (χ3v) is 1.75. The van der Waals surface area contributed by atoms with Crippen molar-refractivity contribution in [3.8, 4) is 0 Å². The molecule has 0 saturated carbocycles. The quantitative estimate of drug-likeness (QED) is 0.695. The summed E-state index contributed by atoms with van der Waals surface area (Å²) >= 11 is 0. The van der Waals surface area contributed by atoms with Gasteiger partial charge in [-0.3, -0.25) is 4.90 Å². The highest BCUT2D eigenvalue weighted by atomic mass is 16.6. The summed E-state index contributed by atoms with van der Waals surface area (Å²) in [4.78, 5) is 12.7. The minimum Gasteiger partial charge on any atom is -0.413 e. The van der Waals surface area contributed by atoms with Crippen molar-refractivity contribution in [3.63, 3.8) is 0 Å². The zero-order valence-electron chi connectivity index (χ0n) is 9.00. The maximum Gasteiger partial charge on any atom is 0.415 e. The maximum atomic E-state index is 11.1. The first-order chi connectivity index (χ1) is 6.38. The van der Waals surface area contributed by atoms with Crippen LogP contribution in [-0.2, 0) is 9.47 Å². The van der Waals surface area contributed by atoms with Crippen LogP contribution < -0.4 is 0 Å². The Balaban J connectivity index is 2.26. The molecule has 0 spiro atoms. The van der Waals surface area contributed by atoms with Crippen molar-refractivity contribution in [3.05, 3.63) is 12.3 Å². The van der Waals surface area contributed by atoms with Gasteiger partial charge in [0.25, 0.3) is 0 Å². The number of cyclic esters (lactones) is 1. The normalized spacial score (nSPS) is 17.5. The van der Waals surface area contributed by atoms with Gasteiger partial charge in [0.1, 0.15) is 5.76 Å². The summed E-state index contributed by atoms with van der Waals surface area (Å²) in [5.41, 5.74) is -0.166. The summed E-state index contributed by atoms with van der Waals surface area (Å²) in [6.45, 7) is 11.1. The van der Waals surface area contributed by atoms with Crippen molar-refractivity contribution in [1.29, 1.82) is 0 Å². The molecule has 0 aromatic rings. The van der Waals surface area contributed by atoms with Crippen molar-refractivity contribution >= 4 is 6.09 Å². The number of amides is 1. The second kappa shape index (κ2) is 4.00. The minimum atomic E-state index is -0.326. The first-order valence-electron chi connectivity index (χ1n) is 4.67. The molecule has 1 saturated heterocycles. The predicted molar refractivity (Wildman–Crippen MR) is 52.9 cm³/mol. The third-order valence-electron chi connectivity index (χ3n) is 1.75. The van der Waals surface area contributed by atoms with E-state index in [1.54, 1.807) is 4.90 Å². The Morgan fingerprint density at radius 2 is 2.21 bits per heavy atom. The lowest BCUT2D eigenvalue weighted by Gasteiger charge is -2.21. The average molecular weight is 199 g/mol. The molecule has 0 atom stereocenters. The Hall–Kier alpha value is -1.03. The molecular weight excluding hydrogens is 182 g/mol. The molecule has 14 heavy (non-hydrogen) atoms. The lowest BCUT2D eigenvalue weighted by atomic mass is 10.2. The van der Waals surface area contributed by atoms with E-state index >= 15 is 0 Å². The van der Waals surface area contributed by atoms with Crippen LogP contribution in [-0.4, -0.2) is 36.3 Å². The molecule has 1 heterocycles. The van der Waals surface area contributed by atoms with Crippen molar-refractivity contribution in [2.24, 2.45) is 0 Å². The summed E-state index contributed by atoms with van der Waals surface area (Å²) in [6, 6.07) is 0. The first-order valence-corrected chi connectivity index (χ1v) is 4.67. The number of hydrogen-bond acceptors (Lipinski definition) is 3. The lowest BCUT2D eigenvalue weighted by Crippen LogP contribution is -2.31. The third kappa shape index (κ3) is 3.38. The summed E-state index contributed by atoms with van der Waals surface area (Å²) in [5.74, 6) is 0.505. The number of carbonyl (C=O) groups is 1. The van der Waals surface area contributed by atoms with Crippen LogP contribution in [0.2, 0.25) is 0 Å². The molecule has 0 bridgehead atoms. The zero-order chi connectivity index (χ0) is 10.8. The van der Waals surface area contributed by atoms with E-state index in [9.17, 15) is 4.79 Å². The van der Waals surface area contributed by atoms with Crippen LogP contribution in [0, 0.1) is 0 Å². The predicted octanol–water partition coefficient (Wildman–Crippen LogP) is 1.77. The van der Waals surface area contributed by atoms with Gasteiger partial charge in [0.15, 0.2) is 0 Å². The van der Waals surface area contributed by atoms with Crippen molar-refractivity contribution in [1.82, 2.24) is 4.90 Å². The molecule has 1 rings (SSSR count). The summed E-state index contributed by atoms with van der Waals surface area (Å²) < 4.78 is 10.3. The van der Waals surface area contributed by atoms with Gasteiger partial charge in [0, 0.05) is 6.54 Å². The van der Waals surface area contributed by atoms with E-state index in [1.807, 2.05) is 20.8 Å². The monoisotopic (exact) mass is 199 g/mol. The topological polar surface area (TPSA) is 38.8 Å². The van der Waals surface area contributed by atoms with Crippen LogP contribution in [0.15, 0.2) is 12.3 Å². The van der Waals surface area contributed by atoms with Gasteiger partial charge < -0.3 is 9.47 Å². The number of nitrogens with zero attached hydrogens (tertiary/aromatic N) is 1. The molecule has 1 aliphatic rings. The number of hydrogen-bond donors (Lipinski definition) is 0. The molecular formula is C10H17NO3. The van der Waals surface area contributed by atoms with Crippen LogP contribution in [0.25, 0.3) is 0 Å². The van der Waals surface area contributed by atoms with Gasteiger partial charge in [0.2, 0.25) is 0 Å². The summed E-state index contributed by atoms with van der Waals surface area (Å²) in [7, 11) is 0. The maximum absolute atomic E-state index is 11.1. The Kier molecular flexibility index (Phi) is 3.16. The van der Waals surface area contributed by atoms with E-state index in [2.05, 4.69) is 6.58 Å². The molecule has 0 aliphatic carbocycles. The van der Waals surface area contributed by atoms with Gasteiger partial charge in [-0.2, -0.15) is 0 Å². The molecule has 4 nitrogen and oxygen atoms in total. The van der Waals surface area contributed by atoms with Crippen molar-refractivity contribution in [2.75, 3.05) is 19.7 Å². The largest absolute Gasteiger partial charge is 0.415 e. The van der Waals surface area contributed by atoms with Gasteiger partial charge in [0.05, 0.1) is 18.8 Å². The molecule has 0 aromatic carbocycles. The molecule has 1 fully saturated rings. The zero-order valence-corrected chi connectivity index (χ0v) is 9.00. The van der Waals surface area contributed by atoms with Gasteiger partial charge in [-0.1, -0.05) is 6.58 Å². The van der Waals surface area contributed by atoms with Crippen molar-refractivity contribution in [2.45, 2.75) is 26.4 Å². The highest BCUT2D eigenvalue weighted by molar-refractivity contribution is 5.71. The number of rotatable bonds is 3. The second-order valence-corrected chi connectivity index (χ2v) is 4.29. The standard InChI is InChI=1S/C10H17NO3/c1-8-7-11(9(12)14-8)5-6-13-10(2,3)4/h1,5-7H2,2-4H3. The SMILES string of the molecule is C=C1CN(CCOC(C)(C)C)C(=O)O1. The van der Waals surface area contributed by atoms with Crippen LogP contribution in [0.5, 0.6) is 0 Å². The fraction of sp³-hybridized carbons (Fsp3) is 0.700. The van der Waals surface area contributed by atoms with E-state index in [0.717, 1.165) is 0 Å². The molecule has 4 heteroatoms. The fourth-order valence-corrected chi connectivity index (χ4v) is 1.13. The van der Waals surface area contributed by atoms with E-state index in [0.29, 0.717) is 25.5 Å². The van der Waals surface area contributed by atoms with Crippen LogP contribution in [0.1, 0.15) is 20.8 Å². The van der Waals surface area contributed by atoms with Crippen molar-refractivity contribution < 1.29 is 14.3 Å². The van der Waals surface area contributed by atoms with E-state index < -0.39 is 0 Å². The van der Waals surface area contributed by atoms with Gasteiger partial charge in [-0.15, -0.1) is 0 Å². The highest BCUT2D eigenvalue weighted by Crippen LogP contribution is 2.13. The van der Waals surface area contributed by atoms with Gasteiger partial charge in [-0.25, -0.2) is 4.79 Å². The van der Waals surface area contributed by atoms with E-state index in [4.69, 9.17) is 9.47 Å². The molecule has 0 radical (unpaired) electrons. The molecule has 1 amide bonds. The van der Waals surface area contributed by atoms with Gasteiger partial charge in [-0.05, 0) is 20.8 Å². The summed E-state index contributed by atoms with van der Waals surface area (Å²) in [6.07, 6.45) is -0.326. The lowest BCUT2D eigenvalue weighted by molar-refractivity contribution is -0.00864. The number of carbonyl (C=O) groups excluding carboxylic acids is 1. The first kappa shape index (κ1) is 11.0. The smallest absolute Gasteiger partial charge is 0.413 e. The number of ether oxygens (including phenoxy) is 2. The van der Waals surface area contributed by atoms with Crippen LogP contribution in [0.3, 0.4) is 0 Å². The molecule has 1 aliphatic heterocycles. The van der Waals surface area contributed by atoms with Crippen LogP contribution >= 0.6 is 0 Å². The summed E-state index contributed by atoms with van der Waals surface area (Å²) in [5, 5.41) is 0. The Labute approximate surface area is 84.5 Å². The fourth-order valence-electron chi connectivity index (χ4n) is 1.13. The average Bonchev–Trinajstić information content (AvgIpc) is 2.27. The Bertz CT molecular complexity index is 242. The minimum absolute atomic E-state index is 0.166. The second-order valence-electron chi connectivity index (χ2n) is 4.29.